The Morgan fingerprint density at radius 2 is 2.06 bits per heavy atom. The molecular formula is C14H20N2. The van der Waals surface area contributed by atoms with E-state index in [9.17, 15) is 0 Å². The normalized spacial score (nSPS) is 12.2. The lowest BCUT2D eigenvalue weighted by atomic mass is 9.80. The zero-order valence-corrected chi connectivity index (χ0v) is 10.6. The van der Waals surface area contributed by atoms with E-state index in [4.69, 9.17) is 0 Å². The van der Waals surface area contributed by atoms with Crippen LogP contribution < -0.4 is 0 Å². The van der Waals surface area contributed by atoms with Gasteiger partial charge in [0.05, 0.1) is 17.4 Å². The summed E-state index contributed by atoms with van der Waals surface area (Å²) in [6, 6.07) is 6.64. The molecule has 0 amide bonds. The van der Waals surface area contributed by atoms with Crippen molar-refractivity contribution in [3.05, 3.63) is 30.1 Å². The van der Waals surface area contributed by atoms with Crippen molar-refractivity contribution in [1.82, 2.24) is 9.55 Å². The molecule has 2 aromatic rings. The molecule has 0 unspecified atom stereocenters. The van der Waals surface area contributed by atoms with Gasteiger partial charge in [-0.3, -0.25) is 0 Å². The van der Waals surface area contributed by atoms with Crippen molar-refractivity contribution < 1.29 is 0 Å². The molecule has 0 aliphatic carbocycles. The maximum Gasteiger partial charge on any atom is 0.0955 e. The van der Waals surface area contributed by atoms with Gasteiger partial charge in [0.15, 0.2) is 0 Å². The number of rotatable bonds is 3. The molecular weight excluding hydrogens is 196 g/mol. The fourth-order valence-electron chi connectivity index (χ4n) is 2.33. The Bertz CT molecular complexity index is 494. The highest BCUT2D eigenvalue weighted by Crippen LogP contribution is 2.30. The molecule has 0 N–H and O–H groups in total. The molecule has 0 aliphatic heterocycles. The first kappa shape index (κ1) is 11.2. The summed E-state index contributed by atoms with van der Waals surface area (Å²) in [5, 5.41) is 0. The molecule has 0 aliphatic rings. The summed E-state index contributed by atoms with van der Waals surface area (Å²) >= 11 is 0. The van der Waals surface area contributed by atoms with E-state index in [-0.39, 0.29) is 5.41 Å². The van der Waals surface area contributed by atoms with Gasteiger partial charge in [-0.2, -0.15) is 0 Å². The van der Waals surface area contributed by atoms with E-state index >= 15 is 0 Å². The van der Waals surface area contributed by atoms with Gasteiger partial charge >= 0.3 is 0 Å². The third-order valence-corrected chi connectivity index (χ3v) is 3.38. The lowest BCUT2D eigenvalue weighted by Crippen LogP contribution is -2.16. The van der Waals surface area contributed by atoms with Crippen molar-refractivity contribution in [1.29, 1.82) is 0 Å². The molecule has 2 nitrogen and oxygen atoms in total. The van der Waals surface area contributed by atoms with Crippen molar-refractivity contribution in [3.8, 4) is 0 Å². The monoisotopic (exact) mass is 216 g/mol. The highest BCUT2D eigenvalue weighted by atomic mass is 15.0. The summed E-state index contributed by atoms with van der Waals surface area (Å²) in [5.41, 5.74) is 3.95. The van der Waals surface area contributed by atoms with Crippen LogP contribution in [0.4, 0.5) is 0 Å². The Kier molecular flexibility index (Phi) is 2.75. The van der Waals surface area contributed by atoms with Gasteiger partial charge in [-0.25, -0.2) is 4.98 Å². The first-order valence-electron chi connectivity index (χ1n) is 5.96. The van der Waals surface area contributed by atoms with Crippen LogP contribution in [-0.2, 0) is 12.5 Å². The van der Waals surface area contributed by atoms with E-state index < -0.39 is 0 Å². The van der Waals surface area contributed by atoms with Crippen LogP contribution in [0.15, 0.2) is 24.5 Å². The van der Waals surface area contributed by atoms with Crippen LogP contribution in [0.3, 0.4) is 0 Å². The predicted molar refractivity (Wildman–Crippen MR) is 68.6 cm³/mol. The van der Waals surface area contributed by atoms with Gasteiger partial charge in [-0.1, -0.05) is 33.3 Å². The second-order valence-electron chi connectivity index (χ2n) is 5.19. The van der Waals surface area contributed by atoms with E-state index in [1.54, 1.807) is 0 Å². The fraction of sp³-hybridized carbons (Fsp3) is 0.500. The molecule has 0 spiro atoms. The molecule has 86 valence electrons. The molecule has 0 radical (unpaired) electrons. The number of hydrogen-bond acceptors (Lipinski definition) is 1. The van der Waals surface area contributed by atoms with Crippen LogP contribution >= 0.6 is 0 Å². The third-order valence-electron chi connectivity index (χ3n) is 3.38. The van der Waals surface area contributed by atoms with Gasteiger partial charge < -0.3 is 4.57 Å². The van der Waals surface area contributed by atoms with E-state index in [0.29, 0.717) is 0 Å². The Balaban J connectivity index is 2.46. The van der Waals surface area contributed by atoms with Gasteiger partial charge in [-0.05, 0) is 29.5 Å². The minimum atomic E-state index is 0.250. The second kappa shape index (κ2) is 3.93. The topological polar surface area (TPSA) is 17.8 Å². The van der Waals surface area contributed by atoms with Crippen molar-refractivity contribution in [3.63, 3.8) is 0 Å². The smallest absolute Gasteiger partial charge is 0.0955 e. The third kappa shape index (κ3) is 1.84. The number of benzene rings is 1. The van der Waals surface area contributed by atoms with Crippen LogP contribution in [0, 0.1) is 0 Å². The fourth-order valence-corrected chi connectivity index (χ4v) is 2.33. The standard InChI is InChI=1S/C14H20N2/c1-5-8-14(2,3)11-6-7-13-12(9-11)15-10-16(13)4/h6-7,9-10H,5,8H2,1-4H3. The lowest BCUT2D eigenvalue weighted by Gasteiger charge is -2.24. The summed E-state index contributed by atoms with van der Waals surface area (Å²) < 4.78 is 2.06. The van der Waals surface area contributed by atoms with E-state index in [1.165, 1.54) is 23.9 Å². The van der Waals surface area contributed by atoms with Crippen molar-refractivity contribution >= 4 is 11.0 Å². The number of hydrogen-bond donors (Lipinski definition) is 0. The highest BCUT2D eigenvalue weighted by Gasteiger charge is 2.19. The molecule has 2 rings (SSSR count). The van der Waals surface area contributed by atoms with Crippen LogP contribution in [0.25, 0.3) is 11.0 Å². The molecule has 2 heteroatoms. The zero-order valence-electron chi connectivity index (χ0n) is 10.6. The summed E-state index contributed by atoms with van der Waals surface area (Å²) in [6.45, 7) is 6.85. The van der Waals surface area contributed by atoms with E-state index in [1.807, 2.05) is 13.4 Å². The second-order valence-corrected chi connectivity index (χ2v) is 5.19. The first-order valence-corrected chi connectivity index (χ1v) is 5.96. The van der Waals surface area contributed by atoms with Crippen LogP contribution in [0.5, 0.6) is 0 Å². The average molecular weight is 216 g/mol. The molecule has 16 heavy (non-hydrogen) atoms. The van der Waals surface area contributed by atoms with Gasteiger partial charge in [0, 0.05) is 7.05 Å². The largest absolute Gasteiger partial charge is 0.334 e. The maximum atomic E-state index is 4.42. The minimum absolute atomic E-state index is 0.250. The van der Waals surface area contributed by atoms with Crippen LogP contribution in [-0.4, -0.2) is 9.55 Å². The van der Waals surface area contributed by atoms with E-state index in [2.05, 4.69) is 48.5 Å². The Morgan fingerprint density at radius 1 is 1.31 bits per heavy atom. The molecule has 0 saturated carbocycles. The number of imidazole rings is 1. The Hall–Kier alpha value is -1.31. The van der Waals surface area contributed by atoms with Crippen molar-refractivity contribution in [2.24, 2.45) is 7.05 Å². The van der Waals surface area contributed by atoms with Gasteiger partial charge in [0.2, 0.25) is 0 Å². The van der Waals surface area contributed by atoms with Gasteiger partial charge in [-0.15, -0.1) is 0 Å². The van der Waals surface area contributed by atoms with E-state index in [0.717, 1.165) is 5.52 Å². The van der Waals surface area contributed by atoms with Gasteiger partial charge in [0.25, 0.3) is 0 Å². The average Bonchev–Trinajstić information content (AvgIpc) is 2.60. The lowest BCUT2D eigenvalue weighted by molar-refractivity contribution is 0.473. The Labute approximate surface area is 97.3 Å². The summed E-state index contributed by atoms with van der Waals surface area (Å²) in [5.74, 6) is 0. The molecule has 1 aromatic carbocycles. The SMILES string of the molecule is CCCC(C)(C)c1ccc2c(c1)ncn2C. The first-order chi connectivity index (χ1) is 7.54. The summed E-state index contributed by atoms with van der Waals surface area (Å²) in [7, 11) is 2.03. The number of aromatic nitrogens is 2. The predicted octanol–water partition coefficient (Wildman–Crippen LogP) is 3.65. The Morgan fingerprint density at radius 3 is 2.75 bits per heavy atom. The molecule has 0 saturated heterocycles. The minimum Gasteiger partial charge on any atom is -0.334 e. The summed E-state index contributed by atoms with van der Waals surface area (Å²) in [4.78, 5) is 4.42. The summed E-state index contributed by atoms with van der Waals surface area (Å²) in [6.07, 6.45) is 4.31. The number of fused-ring (bicyclic) bond motifs is 1. The number of nitrogens with zero attached hydrogens (tertiary/aromatic N) is 2. The zero-order chi connectivity index (χ0) is 11.8. The molecule has 0 fully saturated rings. The maximum absolute atomic E-state index is 4.42. The van der Waals surface area contributed by atoms with Crippen molar-refractivity contribution in [2.45, 2.75) is 39.0 Å². The molecule has 0 bridgehead atoms. The quantitative estimate of drug-likeness (QED) is 0.765. The number of aryl methyl sites for hydroxylation is 1. The molecule has 0 atom stereocenters. The highest BCUT2D eigenvalue weighted by molar-refractivity contribution is 5.76. The molecule has 1 aromatic heterocycles. The van der Waals surface area contributed by atoms with Gasteiger partial charge in [0.1, 0.15) is 0 Å². The van der Waals surface area contributed by atoms with Crippen LogP contribution in [0.2, 0.25) is 0 Å². The van der Waals surface area contributed by atoms with Crippen molar-refractivity contribution in [2.75, 3.05) is 0 Å². The molecule has 1 heterocycles. The van der Waals surface area contributed by atoms with Crippen LogP contribution in [0.1, 0.15) is 39.2 Å².